The molecule has 1 saturated carbocycles. The van der Waals surface area contributed by atoms with E-state index < -0.39 is 0 Å². The van der Waals surface area contributed by atoms with Crippen LogP contribution in [0.15, 0.2) is 0 Å². The van der Waals surface area contributed by atoms with Crippen molar-refractivity contribution in [3.8, 4) is 0 Å². The zero-order valence-corrected chi connectivity index (χ0v) is 8.67. The van der Waals surface area contributed by atoms with E-state index in [0.717, 1.165) is 19.3 Å². The van der Waals surface area contributed by atoms with Crippen LogP contribution in [-0.2, 0) is 0 Å². The van der Waals surface area contributed by atoms with E-state index in [4.69, 9.17) is 0 Å². The van der Waals surface area contributed by atoms with E-state index in [0.29, 0.717) is 6.04 Å². The summed E-state index contributed by atoms with van der Waals surface area (Å²) in [4.78, 5) is 2.40. The van der Waals surface area contributed by atoms with E-state index in [9.17, 15) is 5.11 Å². The van der Waals surface area contributed by atoms with Gasteiger partial charge in [-0.25, -0.2) is 0 Å². The molecule has 2 heteroatoms. The van der Waals surface area contributed by atoms with E-state index in [2.05, 4.69) is 32.7 Å². The van der Waals surface area contributed by atoms with Gasteiger partial charge in [0.1, 0.15) is 0 Å². The van der Waals surface area contributed by atoms with E-state index >= 15 is 0 Å². The molecule has 1 N–H and O–H groups in total. The van der Waals surface area contributed by atoms with Gasteiger partial charge in [0, 0.05) is 11.6 Å². The van der Waals surface area contributed by atoms with Crippen LogP contribution in [0.5, 0.6) is 0 Å². The molecular weight excluding hydrogens is 150 g/mol. The summed E-state index contributed by atoms with van der Waals surface area (Å²) in [7, 11) is 2.17. The van der Waals surface area contributed by atoms with Crippen LogP contribution in [0.1, 0.15) is 40.0 Å². The molecule has 72 valence electrons. The average molecular weight is 171 g/mol. The van der Waals surface area contributed by atoms with E-state index in [1.165, 1.54) is 0 Å². The molecule has 0 aliphatic heterocycles. The molecule has 0 bridgehead atoms. The Labute approximate surface area is 75.6 Å². The summed E-state index contributed by atoms with van der Waals surface area (Å²) in [6.07, 6.45) is 3.04. The summed E-state index contributed by atoms with van der Waals surface area (Å²) in [5, 5.41) is 9.18. The van der Waals surface area contributed by atoms with Gasteiger partial charge in [-0.05, 0) is 40.2 Å². The van der Waals surface area contributed by atoms with E-state index in [1.54, 1.807) is 0 Å². The van der Waals surface area contributed by atoms with E-state index in [1.807, 2.05) is 0 Å². The molecule has 0 aromatic carbocycles. The summed E-state index contributed by atoms with van der Waals surface area (Å²) < 4.78 is 0. The fraction of sp³-hybridized carbons (Fsp3) is 1.00. The van der Waals surface area contributed by atoms with Crippen LogP contribution in [0.2, 0.25) is 0 Å². The van der Waals surface area contributed by atoms with Gasteiger partial charge >= 0.3 is 0 Å². The summed E-state index contributed by atoms with van der Waals surface area (Å²) in [5.74, 6) is 0. The van der Waals surface area contributed by atoms with Crippen molar-refractivity contribution in [2.45, 2.75) is 57.7 Å². The number of rotatable bonds is 3. The predicted molar refractivity (Wildman–Crippen MR) is 51.2 cm³/mol. The molecule has 0 spiro atoms. The summed E-state index contributed by atoms with van der Waals surface area (Å²) >= 11 is 0. The van der Waals surface area contributed by atoms with Gasteiger partial charge in [-0.15, -0.1) is 0 Å². The highest BCUT2D eigenvalue weighted by atomic mass is 16.3. The number of hydrogen-bond donors (Lipinski definition) is 1. The van der Waals surface area contributed by atoms with Gasteiger partial charge in [0.05, 0.1) is 6.10 Å². The largest absolute Gasteiger partial charge is 0.393 e. The Bertz CT molecular complexity index is 150. The first-order chi connectivity index (χ1) is 5.47. The third-order valence-corrected chi connectivity index (χ3v) is 3.46. The highest BCUT2D eigenvalue weighted by Crippen LogP contribution is 2.30. The highest BCUT2D eigenvalue weighted by Gasteiger charge is 2.36. The van der Waals surface area contributed by atoms with Gasteiger partial charge < -0.3 is 5.11 Å². The monoisotopic (exact) mass is 171 g/mol. The standard InChI is InChI=1S/C10H21NO/c1-5-10(2,3)11(4)8-6-9(12)7-8/h8-9,12H,5-7H2,1-4H3. The molecule has 0 saturated heterocycles. The van der Waals surface area contributed by atoms with Gasteiger partial charge in [0.2, 0.25) is 0 Å². The Morgan fingerprint density at radius 3 is 2.25 bits per heavy atom. The molecule has 1 aliphatic carbocycles. The molecule has 12 heavy (non-hydrogen) atoms. The maximum absolute atomic E-state index is 9.18. The van der Waals surface area contributed by atoms with Crippen LogP contribution in [0.4, 0.5) is 0 Å². The molecule has 0 radical (unpaired) electrons. The second-order valence-corrected chi connectivity index (χ2v) is 4.56. The topological polar surface area (TPSA) is 23.5 Å². The lowest BCUT2D eigenvalue weighted by atomic mass is 9.84. The minimum atomic E-state index is -0.0369. The Hall–Kier alpha value is -0.0800. The second kappa shape index (κ2) is 3.35. The fourth-order valence-corrected chi connectivity index (χ4v) is 1.62. The first-order valence-corrected chi connectivity index (χ1v) is 4.88. The molecular formula is C10H21NO. The lowest BCUT2D eigenvalue weighted by molar-refractivity contribution is -0.0273. The zero-order chi connectivity index (χ0) is 9.35. The van der Waals surface area contributed by atoms with Gasteiger partial charge in [0.25, 0.3) is 0 Å². The van der Waals surface area contributed by atoms with Crippen molar-refractivity contribution in [1.82, 2.24) is 4.90 Å². The van der Waals surface area contributed by atoms with Crippen LogP contribution < -0.4 is 0 Å². The molecule has 0 aromatic heterocycles. The van der Waals surface area contributed by atoms with Gasteiger partial charge in [-0.1, -0.05) is 6.92 Å². The van der Waals surface area contributed by atoms with Crippen molar-refractivity contribution < 1.29 is 5.11 Å². The summed E-state index contributed by atoms with van der Waals surface area (Å²) in [6.45, 7) is 6.74. The lowest BCUT2D eigenvalue weighted by Crippen LogP contribution is -2.53. The number of aliphatic hydroxyl groups excluding tert-OH is 1. The summed E-state index contributed by atoms with van der Waals surface area (Å²) in [5.41, 5.74) is 0.283. The van der Waals surface area contributed by atoms with Gasteiger partial charge in [-0.3, -0.25) is 4.90 Å². The van der Waals surface area contributed by atoms with Crippen molar-refractivity contribution in [2.24, 2.45) is 0 Å². The molecule has 0 aromatic rings. The van der Waals surface area contributed by atoms with Gasteiger partial charge in [0.15, 0.2) is 0 Å². The molecule has 2 nitrogen and oxygen atoms in total. The molecule has 1 rings (SSSR count). The van der Waals surface area contributed by atoms with Gasteiger partial charge in [-0.2, -0.15) is 0 Å². The predicted octanol–water partition coefficient (Wildman–Crippen LogP) is 1.63. The molecule has 0 unspecified atom stereocenters. The fourth-order valence-electron chi connectivity index (χ4n) is 1.62. The summed E-state index contributed by atoms with van der Waals surface area (Å²) in [6, 6.07) is 0.606. The third-order valence-electron chi connectivity index (χ3n) is 3.46. The molecule has 0 amide bonds. The van der Waals surface area contributed by atoms with Crippen molar-refractivity contribution in [3.05, 3.63) is 0 Å². The number of aliphatic hydroxyl groups is 1. The molecule has 1 fully saturated rings. The van der Waals surface area contributed by atoms with Crippen molar-refractivity contribution in [1.29, 1.82) is 0 Å². The maximum atomic E-state index is 9.18. The molecule has 0 heterocycles. The Morgan fingerprint density at radius 1 is 1.42 bits per heavy atom. The second-order valence-electron chi connectivity index (χ2n) is 4.56. The minimum absolute atomic E-state index is 0.0369. The van der Waals surface area contributed by atoms with Crippen molar-refractivity contribution >= 4 is 0 Å². The third kappa shape index (κ3) is 1.80. The SMILES string of the molecule is CCC(C)(C)N(C)C1CC(O)C1. The van der Waals surface area contributed by atoms with Crippen LogP contribution in [-0.4, -0.2) is 34.7 Å². The Balaban J connectivity index is 2.42. The van der Waals surface area contributed by atoms with Crippen LogP contribution >= 0.6 is 0 Å². The first kappa shape index (κ1) is 10.0. The van der Waals surface area contributed by atoms with Crippen LogP contribution in [0, 0.1) is 0 Å². The number of nitrogens with zero attached hydrogens (tertiary/aromatic N) is 1. The first-order valence-electron chi connectivity index (χ1n) is 4.88. The van der Waals surface area contributed by atoms with Crippen LogP contribution in [0.25, 0.3) is 0 Å². The zero-order valence-electron chi connectivity index (χ0n) is 8.67. The van der Waals surface area contributed by atoms with E-state index in [-0.39, 0.29) is 11.6 Å². The Kier molecular flexibility index (Phi) is 2.79. The smallest absolute Gasteiger partial charge is 0.0570 e. The quantitative estimate of drug-likeness (QED) is 0.697. The Morgan fingerprint density at radius 2 is 1.92 bits per heavy atom. The lowest BCUT2D eigenvalue weighted by Gasteiger charge is -2.46. The minimum Gasteiger partial charge on any atom is -0.393 e. The van der Waals surface area contributed by atoms with Crippen LogP contribution in [0.3, 0.4) is 0 Å². The number of hydrogen-bond acceptors (Lipinski definition) is 2. The molecule has 1 aliphatic rings. The molecule has 0 atom stereocenters. The average Bonchev–Trinajstić information content (AvgIpc) is 1.97. The maximum Gasteiger partial charge on any atom is 0.0570 e. The normalized spacial score (nSPS) is 30.5. The highest BCUT2D eigenvalue weighted by molar-refractivity contribution is 4.91. The van der Waals surface area contributed by atoms with Crippen molar-refractivity contribution in [2.75, 3.05) is 7.05 Å². The van der Waals surface area contributed by atoms with Crippen molar-refractivity contribution in [3.63, 3.8) is 0 Å².